The van der Waals surface area contributed by atoms with Crippen molar-refractivity contribution in [1.82, 2.24) is 5.48 Å². The van der Waals surface area contributed by atoms with E-state index in [9.17, 15) is 5.11 Å². The largest absolute Gasteiger partial charge is 0.504 e. The van der Waals surface area contributed by atoms with Gasteiger partial charge >= 0.3 is 0 Å². The smallest absolute Gasteiger partial charge is 0.157 e. The summed E-state index contributed by atoms with van der Waals surface area (Å²) in [4.78, 5) is 4.57. The van der Waals surface area contributed by atoms with E-state index in [4.69, 9.17) is 10.2 Å². The molecule has 0 spiro atoms. The Morgan fingerprint density at radius 1 is 1.36 bits per heavy atom. The second kappa shape index (κ2) is 4.80. The fraction of sp³-hybridized carbons (Fsp3) is 0.333. The van der Waals surface area contributed by atoms with Crippen molar-refractivity contribution in [2.24, 2.45) is 0 Å². The third-order valence-corrected chi connectivity index (χ3v) is 1.81. The number of phenolic OH excluding ortho intramolecular Hbond substituents is 2. The molecule has 0 heterocycles. The molecule has 4 N–H and O–H groups in total. The summed E-state index contributed by atoms with van der Waals surface area (Å²) in [6, 6.07) is 4.15. The zero-order valence-corrected chi connectivity index (χ0v) is 7.77. The molecule has 14 heavy (non-hydrogen) atoms. The maximum Gasteiger partial charge on any atom is 0.157 e. The molecule has 0 radical (unpaired) electrons. The van der Waals surface area contributed by atoms with Crippen LogP contribution in [0.4, 0.5) is 0 Å². The predicted octanol–water partition coefficient (Wildman–Crippen LogP) is 0.282. The molecule has 78 valence electrons. The van der Waals surface area contributed by atoms with E-state index in [0.717, 1.165) is 0 Å². The molecular formula is C9H13NO4. The molecule has 5 heteroatoms. The van der Waals surface area contributed by atoms with Gasteiger partial charge in [0.2, 0.25) is 0 Å². The third kappa shape index (κ3) is 2.59. The summed E-state index contributed by atoms with van der Waals surface area (Å²) in [5.41, 5.74) is 2.99. The molecule has 1 aromatic rings. The van der Waals surface area contributed by atoms with Crippen LogP contribution in [-0.4, -0.2) is 29.0 Å². The molecule has 1 atom stereocenters. The molecule has 0 aliphatic carbocycles. The summed E-state index contributed by atoms with van der Waals surface area (Å²) in [6.45, 7) is 0.209. The number of hydroxylamine groups is 1. The molecule has 0 saturated carbocycles. The van der Waals surface area contributed by atoms with Crippen LogP contribution in [0.1, 0.15) is 11.7 Å². The average Bonchev–Trinajstić information content (AvgIpc) is 2.18. The number of rotatable bonds is 4. The van der Waals surface area contributed by atoms with Crippen molar-refractivity contribution in [2.45, 2.75) is 6.10 Å². The van der Waals surface area contributed by atoms with Gasteiger partial charge in [0.05, 0.1) is 19.8 Å². The number of aliphatic hydroxyl groups is 1. The van der Waals surface area contributed by atoms with E-state index >= 15 is 0 Å². The molecule has 0 saturated heterocycles. The highest BCUT2D eigenvalue weighted by molar-refractivity contribution is 5.41. The number of aliphatic hydroxyl groups excluding tert-OH is 1. The van der Waals surface area contributed by atoms with Gasteiger partial charge in [-0.1, -0.05) is 6.07 Å². The Morgan fingerprint density at radius 2 is 2.07 bits per heavy atom. The molecule has 0 amide bonds. The van der Waals surface area contributed by atoms with Crippen molar-refractivity contribution in [2.75, 3.05) is 13.7 Å². The van der Waals surface area contributed by atoms with Crippen LogP contribution in [0, 0.1) is 0 Å². The lowest BCUT2D eigenvalue weighted by Gasteiger charge is -2.11. The standard InChI is InChI=1S/C9H13NO4/c1-14-10-5-9(13)6-2-3-7(11)8(12)4-6/h2-4,9-13H,5H2,1H3. The summed E-state index contributed by atoms with van der Waals surface area (Å²) in [5.74, 6) is -0.459. The fourth-order valence-corrected chi connectivity index (χ4v) is 1.03. The van der Waals surface area contributed by atoms with E-state index in [1.807, 2.05) is 0 Å². The Bertz CT molecular complexity index is 303. The van der Waals surface area contributed by atoms with Crippen LogP contribution in [0.25, 0.3) is 0 Å². The first-order chi connectivity index (χ1) is 6.65. The first kappa shape index (κ1) is 10.8. The van der Waals surface area contributed by atoms with Crippen LogP contribution in [0.3, 0.4) is 0 Å². The molecule has 0 aromatic heterocycles. The number of hydrogen-bond donors (Lipinski definition) is 4. The zero-order chi connectivity index (χ0) is 10.6. The van der Waals surface area contributed by atoms with Gasteiger partial charge < -0.3 is 20.2 Å². The third-order valence-electron chi connectivity index (χ3n) is 1.81. The van der Waals surface area contributed by atoms with E-state index in [0.29, 0.717) is 5.56 Å². The lowest BCUT2D eigenvalue weighted by Crippen LogP contribution is -2.19. The second-order valence-electron chi connectivity index (χ2n) is 2.82. The first-order valence-electron chi connectivity index (χ1n) is 4.11. The summed E-state index contributed by atoms with van der Waals surface area (Å²) in [6.07, 6.45) is -0.790. The van der Waals surface area contributed by atoms with Crippen LogP contribution < -0.4 is 5.48 Å². The van der Waals surface area contributed by atoms with Crippen LogP contribution in [-0.2, 0) is 4.84 Å². The van der Waals surface area contributed by atoms with Gasteiger partial charge in [0.25, 0.3) is 0 Å². The van der Waals surface area contributed by atoms with Gasteiger partial charge in [0, 0.05) is 0 Å². The Morgan fingerprint density at radius 3 is 2.64 bits per heavy atom. The van der Waals surface area contributed by atoms with Crippen LogP contribution in [0.5, 0.6) is 11.5 Å². The number of aromatic hydroxyl groups is 2. The SMILES string of the molecule is CONCC(O)c1ccc(O)c(O)c1. The summed E-state index contributed by atoms with van der Waals surface area (Å²) in [7, 11) is 1.45. The Hall–Kier alpha value is -1.30. The first-order valence-corrected chi connectivity index (χ1v) is 4.11. The molecule has 0 aliphatic rings. The van der Waals surface area contributed by atoms with Crippen molar-refractivity contribution in [3.8, 4) is 11.5 Å². The van der Waals surface area contributed by atoms with E-state index in [1.165, 1.54) is 25.3 Å². The average molecular weight is 199 g/mol. The lowest BCUT2D eigenvalue weighted by molar-refractivity contribution is 0.0498. The summed E-state index contributed by atoms with van der Waals surface area (Å²) in [5, 5.41) is 27.7. The molecule has 1 rings (SSSR count). The van der Waals surface area contributed by atoms with E-state index in [-0.39, 0.29) is 18.0 Å². The Kier molecular flexibility index (Phi) is 3.70. The number of hydrogen-bond acceptors (Lipinski definition) is 5. The summed E-state index contributed by atoms with van der Waals surface area (Å²) >= 11 is 0. The highest BCUT2D eigenvalue weighted by Gasteiger charge is 2.09. The fourth-order valence-electron chi connectivity index (χ4n) is 1.03. The van der Waals surface area contributed by atoms with Crippen LogP contribution in [0.2, 0.25) is 0 Å². The second-order valence-corrected chi connectivity index (χ2v) is 2.82. The molecule has 0 fully saturated rings. The van der Waals surface area contributed by atoms with Crippen molar-refractivity contribution in [3.63, 3.8) is 0 Å². The van der Waals surface area contributed by atoms with Crippen molar-refractivity contribution < 1.29 is 20.2 Å². The van der Waals surface area contributed by atoms with Gasteiger partial charge in [-0.2, -0.15) is 5.48 Å². The quantitative estimate of drug-likeness (QED) is 0.413. The minimum Gasteiger partial charge on any atom is -0.504 e. The van der Waals surface area contributed by atoms with Gasteiger partial charge in [-0.15, -0.1) is 0 Å². The molecule has 5 nitrogen and oxygen atoms in total. The van der Waals surface area contributed by atoms with Gasteiger partial charge in [-0.25, -0.2) is 0 Å². The molecule has 1 aromatic carbocycles. The van der Waals surface area contributed by atoms with Crippen LogP contribution in [0.15, 0.2) is 18.2 Å². The van der Waals surface area contributed by atoms with Crippen molar-refractivity contribution in [1.29, 1.82) is 0 Å². The minimum absolute atomic E-state index is 0.208. The Balaban J connectivity index is 2.70. The molecule has 0 aliphatic heterocycles. The monoisotopic (exact) mass is 199 g/mol. The van der Waals surface area contributed by atoms with Gasteiger partial charge in [-0.05, 0) is 17.7 Å². The van der Waals surface area contributed by atoms with Gasteiger partial charge in [0.15, 0.2) is 11.5 Å². The number of phenols is 2. The van der Waals surface area contributed by atoms with E-state index in [2.05, 4.69) is 10.3 Å². The zero-order valence-electron chi connectivity index (χ0n) is 7.77. The van der Waals surface area contributed by atoms with Crippen molar-refractivity contribution >= 4 is 0 Å². The summed E-state index contributed by atoms with van der Waals surface area (Å²) < 4.78 is 0. The lowest BCUT2D eigenvalue weighted by atomic mass is 10.1. The van der Waals surface area contributed by atoms with Crippen molar-refractivity contribution in [3.05, 3.63) is 23.8 Å². The van der Waals surface area contributed by atoms with Crippen LogP contribution >= 0.6 is 0 Å². The highest BCUT2D eigenvalue weighted by atomic mass is 16.6. The maximum absolute atomic E-state index is 9.53. The maximum atomic E-state index is 9.53. The normalized spacial score (nSPS) is 12.7. The van der Waals surface area contributed by atoms with E-state index in [1.54, 1.807) is 0 Å². The number of nitrogens with one attached hydrogen (secondary N) is 1. The minimum atomic E-state index is -0.790. The Labute approximate surface area is 81.5 Å². The van der Waals surface area contributed by atoms with E-state index < -0.39 is 6.10 Å². The predicted molar refractivity (Wildman–Crippen MR) is 49.7 cm³/mol. The van der Waals surface area contributed by atoms with Gasteiger partial charge in [-0.3, -0.25) is 0 Å². The molecule has 0 bridgehead atoms. The van der Waals surface area contributed by atoms with Gasteiger partial charge in [0.1, 0.15) is 0 Å². The highest BCUT2D eigenvalue weighted by Crippen LogP contribution is 2.27. The molecular weight excluding hydrogens is 186 g/mol. The number of benzene rings is 1. The molecule has 1 unspecified atom stereocenters. The topological polar surface area (TPSA) is 82.0 Å².